The third-order valence-electron chi connectivity index (χ3n) is 2.89. The number of nitrogens with two attached hydrogens (primary N) is 1. The van der Waals surface area contributed by atoms with E-state index in [0.717, 1.165) is 16.7 Å². The van der Waals surface area contributed by atoms with Crippen LogP contribution >= 0.6 is 0 Å². The van der Waals surface area contributed by atoms with Gasteiger partial charge in [-0.05, 0) is 23.6 Å². The fraction of sp³-hybridized carbons (Fsp3) is 0.214. The Hall–Kier alpha value is -2.47. The van der Waals surface area contributed by atoms with Crippen molar-refractivity contribution >= 4 is 5.91 Å². The second kappa shape index (κ2) is 6.12. The normalized spacial score (nSPS) is 10.3. The van der Waals surface area contributed by atoms with E-state index in [1.54, 1.807) is 12.3 Å². The van der Waals surface area contributed by atoms with Gasteiger partial charge in [-0.1, -0.05) is 24.3 Å². The van der Waals surface area contributed by atoms with Gasteiger partial charge in [0, 0.05) is 6.07 Å². The molecule has 20 heavy (non-hydrogen) atoms. The summed E-state index contributed by atoms with van der Waals surface area (Å²) in [5, 5.41) is 4.08. The Bertz CT molecular complexity index is 662. The number of nitrogens with zero attached hydrogens (tertiary/aromatic N) is 2. The van der Waals surface area contributed by atoms with Gasteiger partial charge in [0.05, 0.1) is 19.2 Å². The molecule has 0 atom stereocenters. The van der Waals surface area contributed by atoms with E-state index in [9.17, 15) is 9.59 Å². The summed E-state index contributed by atoms with van der Waals surface area (Å²) in [5.74, 6) is 4.79. The molecule has 0 aliphatic heterocycles. The van der Waals surface area contributed by atoms with Crippen molar-refractivity contribution in [3.8, 4) is 0 Å². The molecule has 1 aromatic heterocycles. The van der Waals surface area contributed by atoms with Crippen LogP contribution in [0.4, 0.5) is 0 Å². The van der Waals surface area contributed by atoms with Crippen molar-refractivity contribution < 1.29 is 4.79 Å². The Labute approximate surface area is 116 Å². The highest BCUT2D eigenvalue weighted by Gasteiger charge is 2.03. The van der Waals surface area contributed by atoms with Crippen molar-refractivity contribution in [1.82, 2.24) is 15.2 Å². The van der Waals surface area contributed by atoms with Crippen LogP contribution in [0.2, 0.25) is 0 Å². The van der Waals surface area contributed by atoms with Gasteiger partial charge in [0.2, 0.25) is 5.91 Å². The molecule has 2 aromatic rings. The average Bonchev–Trinajstić information content (AvgIpc) is 2.44. The van der Waals surface area contributed by atoms with Gasteiger partial charge in [-0.2, -0.15) is 5.10 Å². The molecule has 2 rings (SSSR count). The number of aryl methyl sites for hydroxylation is 1. The zero-order valence-electron chi connectivity index (χ0n) is 11.2. The molecular weight excluding hydrogens is 256 g/mol. The number of hydrazine groups is 1. The molecular formula is C14H16N4O2. The number of aromatic nitrogens is 2. The summed E-state index contributed by atoms with van der Waals surface area (Å²) in [7, 11) is 0. The fourth-order valence-electron chi connectivity index (χ4n) is 1.81. The van der Waals surface area contributed by atoms with E-state index in [-0.39, 0.29) is 17.9 Å². The van der Waals surface area contributed by atoms with E-state index < -0.39 is 0 Å². The Kier molecular flexibility index (Phi) is 4.27. The number of carbonyl (C=O) groups excluding carboxylic acids is 1. The molecule has 3 N–H and O–H groups in total. The van der Waals surface area contributed by atoms with E-state index in [1.165, 1.54) is 4.68 Å². The first kappa shape index (κ1) is 14.0. The molecule has 0 radical (unpaired) electrons. The Morgan fingerprint density at radius 3 is 2.55 bits per heavy atom. The Morgan fingerprint density at radius 1 is 1.30 bits per heavy atom. The third kappa shape index (κ3) is 3.52. The number of benzene rings is 1. The second-order valence-electron chi connectivity index (χ2n) is 4.59. The molecule has 1 amide bonds. The number of nitrogens with one attached hydrogen (secondary N) is 1. The van der Waals surface area contributed by atoms with Gasteiger partial charge in [-0.25, -0.2) is 10.5 Å². The monoisotopic (exact) mass is 272 g/mol. The van der Waals surface area contributed by atoms with Crippen LogP contribution in [0, 0.1) is 6.92 Å². The predicted molar refractivity (Wildman–Crippen MR) is 74.8 cm³/mol. The largest absolute Gasteiger partial charge is 0.294 e. The summed E-state index contributed by atoms with van der Waals surface area (Å²) < 4.78 is 1.40. The topological polar surface area (TPSA) is 90.0 Å². The summed E-state index contributed by atoms with van der Waals surface area (Å²) in [4.78, 5) is 22.9. The summed E-state index contributed by atoms with van der Waals surface area (Å²) in [6.45, 7) is 2.23. The molecule has 0 aliphatic carbocycles. The van der Waals surface area contributed by atoms with Gasteiger partial charge in [0.1, 0.15) is 0 Å². The van der Waals surface area contributed by atoms with Crippen molar-refractivity contribution in [2.75, 3.05) is 0 Å². The molecule has 0 fully saturated rings. The van der Waals surface area contributed by atoms with Crippen molar-refractivity contribution in [2.45, 2.75) is 19.9 Å². The maximum absolute atomic E-state index is 11.7. The number of rotatable bonds is 4. The minimum atomic E-state index is -0.242. The molecule has 1 aromatic carbocycles. The van der Waals surface area contributed by atoms with E-state index in [4.69, 9.17) is 5.84 Å². The highest BCUT2D eigenvalue weighted by Crippen LogP contribution is 2.06. The lowest BCUT2D eigenvalue weighted by Crippen LogP contribution is -2.31. The van der Waals surface area contributed by atoms with Crippen LogP contribution in [0.3, 0.4) is 0 Å². The number of hydrogen-bond acceptors (Lipinski definition) is 4. The zero-order valence-corrected chi connectivity index (χ0v) is 11.2. The summed E-state index contributed by atoms with van der Waals surface area (Å²) in [6.07, 6.45) is 1.89. The van der Waals surface area contributed by atoms with Crippen LogP contribution in [0.25, 0.3) is 0 Å². The van der Waals surface area contributed by atoms with Crippen LogP contribution in [0.1, 0.15) is 16.7 Å². The Balaban J connectivity index is 2.10. The highest BCUT2D eigenvalue weighted by atomic mass is 16.2. The SMILES string of the molecule is Cc1cnn(Cc2ccc(CC(=O)NN)cc2)c(=O)c1. The highest BCUT2D eigenvalue weighted by molar-refractivity contribution is 5.77. The molecule has 0 unspecified atom stereocenters. The van der Waals surface area contributed by atoms with Gasteiger partial charge in [-0.15, -0.1) is 0 Å². The molecule has 0 bridgehead atoms. The number of amides is 1. The predicted octanol–water partition coefficient (Wildman–Crippen LogP) is 0.132. The zero-order chi connectivity index (χ0) is 14.5. The van der Waals surface area contributed by atoms with Crippen LogP contribution in [0.5, 0.6) is 0 Å². The standard InChI is InChI=1S/C14H16N4O2/c1-10-6-14(20)18(16-8-10)9-12-4-2-11(3-5-12)7-13(19)17-15/h2-6,8H,7,9,15H2,1H3,(H,17,19). The van der Waals surface area contributed by atoms with Gasteiger partial charge in [0.15, 0.2) is 0 Å². The van der Waals surface area contributed by atoms with Crippen molar-refractivity contribution in [3.63, 3.8) is 0 Å². The number of hydrogen-bond donors (Lipinski definition) is 2. The average molecular weight is 272 g/mol. The quantitative estimate of drug-likeness (QED) is 0.470. The van der Waals surface area contributed by atoms with E-state index in [2.05, 4.69) is 10.5 Å². The lowest BCUT2D eigenvalue weighted by Gasteiger charge is -2.06. The smallest absolute Gasteiger partial charge is 0.267 e. The van der Waals surface area contributed by atoms with Gasteiger partial charge in [-0.3, -0.25) is 15.0 Å². The van der Waals surface area contributed by atoms with Gasteiger partial charge in [0.25, 0.3) is 5.56 Å². The fourth-order valence-corrected chi connectivity index (χ4v) is 1.81. The first-order chi connectivity index (χ1) is 9.58. The minimum absolute atomic E-state index is 0.128. The van der Waals surface area contributed by atoms with Crippen LogP contribution in [-0.2, 0) is 17.8 Å². The lowest BCUT2D eigenvalue weighted by atomic mass is 10.1. The van der Waals surface area contributed by atoms with Gasteiger partial charge < -0.3 is 0 Å². The molecule has 0 saturated heterocycles. The van der Waals surface area contributed by atoms with E-state index in [0.29, 0.717) is 6.54 Å². The summed E-state index contributed by atoms with van der Waals surface area (Å²) >= 11 is 0. The lowest BCUT2D eigenvalue weighted by molar-refractivity contribution is -0.120. The molecule has 0 aliphatic rings. The summed E-state index contributed by atoms with van der Waals surface area (Å²) in [6, 6.07) is 8.96. The molecule has 104 valence electrons. The Morgan fingerprint density at radius 2 is 1.95 bits per heavy atom. The molecule has 6 nitrogen and oxygen atoms in total. The maximum atomic E-state index is 11.7. The van der Waals surface area contributed by atoms with Crippen molar-refractivity contribution in [1.29, 1.82) is 0 Å². The van der Waals surface area contributed by atoms with E-state index in [1.807, 2.05) is 31.2 Å². The first-order valence-electron chi connectivity index (χ1n) is 6.19. The second-order valence-corrected chi connectivity index (χ2v) is 4.59. The maximum Gasteiger partial charge on any atom is 0.267 e. The van der Waals surface area contributed by atoms with E-state index >= 15 is 0 Å². The minimum Gasteiger partial charge on any atom is -0.294 e. The van der Waals surface area contributed by atoms with Gasteiger partial charge >= 0.3 is 0 Å². The van der Waals surface area contributed by atoms with Crippen molar-refractivity contribution in [3.05, 3.63) is 63.6 Å². The third-order valence-corrected chi connectivity index (χ3v) is 2.89. The number of carbonyl (C=O) groups is 1. The van der Waals surface area contributed by atoms with Crippen LogP contribution in [0.15, 0.2) is 41.3 Å². The molecule has 0 spiro atoms. The van der Waals surface area contributed by atoms with Crippen molar-refractivity contribution in [2.24, 2.45) is 5.84 Å². The van der Waals surface area contributed by atoms with Crippen LogP contribution < -0.4 is 16.8 Å². The molecule has 1 heterocycles. The molecule has 6 heteroatoms. The molecule has 0 saturated carbocycles. The summed E-state index contributed by atoms with van der Waals surface area (Å²) in [5.41, 5.74) is 4.61. The first-order valence-corrected chi connectivity index (χ1v) is 6.19. The van der Waals surface area contributed by atoms with Crippen LogP contribution in [-0.4, -0.2) is 15.7 Å².